The fourth-order valence-corrected chi connectivity index (χ4v) is 3.43. The number of aromatic carboxylic acids is 1. The molecule has 1 N–H and O–H groups in total. The van der Waals surface area contributed by atoms with E-state index >= 15 is 0 Å². The minimum atomic E-state index is -4.56. The number of nitrogens with zero attached hydrogens (tertiary/aromatic N) is 2. The molecule has 1 aliphatic rings. The van der Waals surface area contributed by atoms with Crippen LogP contribution >= 0.6 is 0 Å². The van der Waals surface area contributed by atoms with Gasteiger partial charge in [0.15, 0.2) is 0 Å². The molecule has 1 heterocycles. The van der Waals surface area contributed by atoms with Gasteiger partial charge in [-0.25, -0.2) is 4.79 Å². The first-order valence-corrected chi connectivity index (χ1v) is 9.31. The van der Waals surface area contributed by atoms with E-state index in [1.165, 1.54) is 31.2 Å². The summed E-state index contributed by atoms with van der Waals surface area (Å²) in [6.07, 6.45) is -4.56. The van der Waals surface area contributed by atoms with Crippen molar-refractivity contribution in [3.05, 3.63) is 59.2 Å². The Kier molecular flexibility index (Phi) is 6.31. The largest absolute Gasteiger partial charge is 0.478 e. The molecule has 3 rings (SSSR count). The second-order valence-corrected chi connectivity index (χ2v) is 6.87. The third kappa shape index (κ3) is 4.73. The molecule has 0 saturated carbocycles. The zero-order valence-corrected chi connectivity index (χ0v) is 16.3. The van der Waals surface area contributed by atoms with Crippen LogP contribution < -0.4 is 9.80 Å². The number of hydrogen-bond acceptors (Lipinski definition) is 4. The molecule has 0 aromatic heterocycles. The van der Waals surface area contributed by atoms with Crippen LogP contribution in [-0.2, 0) is 22.3 Å². The monoisotopic (exact) mass is 422 g/mol. The molecule has 1 amide bonds. The molecule has 6 nitrogen and oxygen atoms in total. The fraction of sp³-hybridized carbons (Fsp3) is 0.333. The Morgan fingerprint density at radius 3 is 2.40 bits per heavy atom. The Morgan fingerprint density at radius 2 is 1.80 bits per heavy atom. The summed E-state index contributed by atoms with van der Waals surface area (Å²) in [4.78, 5) is 27.1. The van der Waals surface area contributed by atoms with E-state index in [1.807, 2.05) is 4.90 Å². The second-order valence-electron chi connectivity index (χ2n) is 6.87. The van der Waals surface area contributed by atoms with E-state index in [0.29, 0.717) is 32.0 Å². The summed E-state index contributed by atoms with van der Waals surface area (Å²) >= 11 is 0. The maximum Gasteiger partial charge on any atom is 0.416 e. The summed E-state index contributed by atoms with van der Waals surface area (Å²) in [6.45, 7) is 2.88. The Morgan fingerprint density at radius 1 is 1.13 bits per heavy atom. The Balaban J connectivity index is 1.98. The summed E-state index contributed by atoms with van der Waals surface area (Å²) in [5, 5.41) is 9.67. The highest BCUT2D eigenvalue weighted by atomic mass is 19.4. The SMILES string of the molecule is CC(=O)N(Cc1ccccc1C(F)(F)F)c1ccc(N2CCOCC2)c(C(=O)O)c1. The first kappa shape index (κ1) is 21.6. The molecule has 30 heavy (non-hydrogen) atoms. The van der Waals surface area contributed by atoms with Crippen LogP contribution in [0.5, 0.6) is 0 Å². The Hall–Kier alpha value is -3.07. The molecule has 0 atom stereocenters. The molecule has 1 saturated heterocycles. The number of ether oxygens (including phenoxy) is 1. The van der Waals surface area contributed by atoms with Gasteiger partial charge >= 0.3 is 12.1 Å². The summed E-state index contributed by atoms with van der Waals surface area (Å²) in [7, 11) is 0. The van der Waals surface area contributed by atoms with Crippen molar-refractivity contribution in [1.29, 1.82) is 0 Å². The van der Waals surface area contributed by atoms with Crippen LogP contribution in [0.4, 0.5) is 24.5 Å². The van der Waals surface area contributed by atoms with E-state index in [4.69, 9.17) is 4.74 Å². The molecular formula is C21H21F3N2O4. The smallest absolute Gasteiger partial charge is 0.416 e. The highest BCUT2D eigenvalue weighted by Crippen LogP contribution is 2.34. The number of benzene rings is 2. The van der Waals surface area contributed by atoms with Gasteiger partial charge in [0.05, 0.1) is 36.6 Å². The van der Waals surface area contributed by atoms with E-state index in [2.05, 4.69) is 0 Å². The quantitative estimate of drug-likeness (QED) is 0.794. The van der Waals surface area contributed by atoms with Gasteiger partial charge in [0.2, 0.25) is 5.91 Å². The minimum Gasteiger partial charge on any atom is -0.478 e. The van der Waals surface area contributed by atoms with Gasteiger partial charge < -0.3 is 19.6 Å². The van der Waals surface area contributed by atoms with Gasteiger partial charge in [-0.15, -0.1) is 0 Å². The Bertz CT molecular complexity index is 940. The van der Waals surface area contributed by atoms with Crippen molar-refractivity contribution in [2.75, 3.05) is 36.1 Å². The van der Waals surface area contributed by atoms with Gasteiger partial charge in [-0.1, -0.05) is 18.2 Å². The van der Waals surface area contributed by atoms with Gasteiger partial charge in [-0.2, -0.15) is 13.2 Å². The lowest BCUT2D eigenvalue weighted by Crippen LogP contribution is -2.37. The van der Waals surface area contributed by atoms with E-state index in [9.17, 15) is 27.9 Å². The normalized spacial score (nSPS) is 14.5. The van der Waals surface area contributed by atoms with E-state index in [-0.39, 0.29) is 23.4 Å². The van der Waals surface area contributed by atoms with Crippen molar-refractivity contribution >= 4 is 23.3 Å². The van der Waals surface area contributed by atoms with Gasteiger partial charge in [0.25, 0.3) is 0 Å². The van der Waals surface area contributed by atoms with Crippen LogP contribution in [-0.4, -0.2) is 43.3 Å². The highest BCUT2D eigenvalue weighted by Gasteiger charge is 2.33. The summed E-state index contributed by atoms with van der Waals surface area (Å²) in [5.41, 5.74) is -0.235. The van der Waals surface area contributed by atoms with Gasteiger partial charge in [-0.05, 0) is 29.8 Å². The number of alkyl halides is 3. The van der Waals surface area contributed by atoms with Crippen molar-refractivity contribution in [3.63, 3.8) is 0 Å². The van der Waals surface area contributed by atoms with E-state index in [1.54, 1.807) is 12.1 Å². The molecule has 0 spiro atoms. The number of hydrogen-bond donors (Lipinski definition) is 1. The average Bonchev–Trinajstić information content (AvgIpc) is 2.71. The fourth-order valence-electron chi connectivity index (χ4n) is 3.43. The van der Waals surface area contributed by atoms with Gasteiger partial charge in [0, 0.05) is 25.7 Å². The van der Waals surface area contributed by atoms with Gasteiger partial charge in [-0.3, -0.25) is 4.79 Å². The molecule has 0 radical (unpaired) electrons. The van der Waals surface area contributed by atoms with Crippen molar-refractivity contribution < 1.29 is 32.6 Å². The number of anilines is 2. The average molecular weight is 422 g/mol. The first-order chi connectivity index (χ1) is 14.2. The maximum absolute atomic E-state index is 13.3. The number of carboxylic acids is 1. The lowest BCUT2D eigenvalue weighted by Gasteiger charge is -2.31. The third-order valence-electron chi connectivity index (χ3n) is 4.91. The van der Waals surface area contributed by atoms with Crippen LogP contribution in [0.3, 0.4) is 0 Å². The number of carbonyl (C=O) groups excluding carboxylic acids is 1. The molecule has 160 valence electrons. The Labute approximate surface area is 171 Å². The molecule has 9 heteroatoms. The lowest BCUT2D eigenvalue weighted by molar-refractivity contribution is -0.138. The maximum atomic E-state index is 13.3. The first-order valence-electron chi connectivity index (χ1n) is 9.31. The van der Waals surface area contributed by atoms with E-state index < -0.39 is 23.6 Å². The number of morpholine rings is 1. The molecule has 1 aliphatic heterocycles. The topological polar surface area (TPSA) is 70.1 Å². The predicted octanol–water partition coefficient (Wildman–Crippen LogP) is 3.79. The zero-order chi connectivity index (χ0) is 21.9. The zero-order valence-electron chi connectivity index (χ0n) is 16.3. The van der Waals surface area contributed by atoms with Crippen molar-refractivity contribution in [1.82, 2.24) is 0 Å². The summed E-state index contributed by atoms with van der Waals surface area (Å²) in [5.74, 6) is -1.68. The third-order valence-corrected chi connectivity index (χ3v) is 4.91. The van der Waals surface area contributed by atoms with E-state index in [0.717, 1.165) is 11.0 Å². The van der Waals surface area contributed by atoms with Crippen LogP contribution in [0, 0.1) is 0 Å². The second kappa shape index (κ2) is 8.74. The van der Waals surface area contributed by atoms with Crippen molar-refractivity contribution in [3.8, 4) is 0 Å². The predicted molar refractivity (Wildman–Crippen MR) is 105 cm³/mol. The molecule has 0 bridgehead atoms. The van der Waals surface area contributed by atoms with Crippen LogP contribution in [0.25, 0.3) is 0 Å². The van der Waals surface area contributed by atoms with Crippen LogP contribution in [0.2, 0.25) is 0 Å². The molecular weight excluding hydrogens is 401 g/mol. The highest BCUT2D eigenvalue weighted by molar-refractivity contribution is 5.98. The number of amides is 1. The molecule has 0 aliphatic carbocycles. The van der Waals surface area contributed by atoms with Crippen molar-refractivity contribution in [2.24, 2.45) is 0 Å². The number of carboxylic acid groups (broad SMARTS) is 1. The molecule has 2 aromatic rings. The van der Waals surface area contributed by atoms with Crippen LogP contribution in [0.15, 0.2) is 42.5 Å². The molecule has 0 unspecified atom stereocenters. The number of halogens is 3. The summed E-state index contributed by atoms with van der Waals surface area (Å²) < 4.78 is 45.3. The molecule has 2 aromatic carbocycles. The van der Waals surface area contributed by atoms with Gasteiger partial charge in [0.1, 0.15) is 0 Å². The lowest BCUT2D eigenvalue weighted by atomic mass is 10.1. The standard InChI is InChI=1S/C21H21F3N2O4/c1-14(27)26(13-15-4-2-3-5-18(15)21(22,23)24)16-6-7-19(17(12-16)20(28)29)25-8-10-30-11-9-25/h2-7,12H,8-11,13H2,1H3,(H,28,29). The van der Waals surface area contributed by atoms with Crippen molar-refractivity contribution in [2.45, 2.75) is 19.6 Å². The number of rotatable bonds is 5. The minimum absolute atomic E-state index is 0.0234. The molecule has 1 fully saturated rings. The van der Waals surface area contributed by atoms with Crippen LogP contribution in [0.1, 0.15) is 28.4 Å². The number of carbonyl (C=O) groups is 2. The summed E-state index contributed by atoms with van der Waals surface area (Å²) in [6, 6.07) is 9.46.